The molecule has 1 saturated heterocycles. The highest BCUT2D eigenvalue weighted by Crippen LogP contribution is 2.12. The van der Waals surface area contributed by atoms with Crippen molar-refractivity contribution < 1.29 is 24.3 Å². The lowest BCUT2D eigenvalue weighted by Gasteiger charge is -2.29. The van der Waals surface area contributed by atoms with Crippen molar-refractivity contribution in [3.63, 3.8) is 0 Å². The number of hydrogen-bond acceptors (Lipinski definition) is 6. The lowest BCUT2D eigenvalue weighted by molar-refractivity contribution is -0.142. The fourth-order valence-corrected chi connectivity index (χ4v) is 3.34. The minimum Gasteiger partial charge on any atom is -0.480 e. The average molecular weight is 431 g/mol. The smallest absolute Gasteiger partial charge is 0.327 e. The van der Waals surface area contributed by atoms with Gasteiger partial charge >= 0.3 is 5.97 Å². The number of thiol groups is 1. The van der Waals surface area contributed by atoms with Crippen LogP contribution >= 0.6 is 12.6 Å². The molecule has 0 radical (unpaired) electrons. The zero-order valence-corrected chi connectivity index (χ0v) is 18.4. The Kier molecular flexibility index (Phi) is 10.5. The summed E-state index contributed by atoms with van der Waals surface area (Å²) in [5, 5.41) is 20.1. The molecule has 0 aromatic carbocycles. The first-order valence-corrected chi connectivity index (χ1v) is 10.7. The number of nitrogens with one attached hydrogen (secondary N) is 4. The highest BCUT2D eigenvalue weighted by atomic mass is 32.1. The van der Waals surface area contributed by atoms with E-state index in [1.165, 1.54) is 0 Å². The van der Waals surface area contributed by atoms with Gasteiger partial charge in [0.25, 0.3) is 0 Å². The number of rotatable bonds is 11. The number of carbonyl (C=O) groups excluding carboxylic acids is 3. The van der Waals surface area contributed by atoms with Crippen molar-refractivity contribution in [1.29, 1.82) is 0 Å². The zero-order valence-electron chi connectivity index (χ0n) is 17.5. The van der Waals surface area contributed by atoms with Gasteiger partial charge in [0.05, 0.1) is 6.04 Å². The third kappa shape index (κ3) is 7.50. The van der Waals surface area contributed by atoms with Crippen LogP contribution in [0.3, 0.4) is 0 Å². The van der Waals surface area contributed by atoms with Crippen molar-refractivity contribution in [2.75, 3.05) is 12.3 Å². The zero-order chi connectivity index (χ0) is 22.1. The van der Waals surface area contributed by atoms with Crippen molar-refractivity contribution in [3.05, 3.63) is 0 Å². The van der Waals surface area contributed by atoms with Crippen LogP contribution in [0.25, 0.3) is 0 Å². The largest absolute Gasteiger partial charge is 0.480 e. The molecule has 0 saturated carbocycles. The molecule has 5 unspecified atom stereocenters. The second-order valence-corrected chi connectivity index (χ2v) is 8.20. The van der Waals surface area contributed by atoms with Gasteiger partial charge in [0.1, 0.15) is 18.1 Å². The summed E-state index contributed by atoms with van der Waals surface area (Å²) >= 11 is 3.95. The first kappa shape index (κ1) is 25.2. The highest BCUT2D eigenvalue weighted by molar-refractivity contribution is 7.80. The molecule has 1 rings (SSSR count). The molecule has 166 valence electrons. The molecule has 5 N–H and O–H groups in total. The summed E-state index contributed by atoms with van der Waals surface area (Å²) in [6, 6.07) is -3.19. The average Bonchev–Trinajstić information content (AvgIpc) is 3.21. The molecule has 0 aliphatic carbocycles. The Hall–Kier alpha value is -1.81. The van der Waals surface area contributed by atoms with Crippen molar-refractivity contribution in [3.8, 4) is 0 Å². The molecular weight excluding hydrogens is 396 g/mol. The number of carbonyl (C=O) groups is 4. The third-order valence-electron chi connectivity index (χ3n) is 5.21. The quantitative estimate of drug-likeness (QED) is 0.254. The van der Waals surface area contributed by atoms with E-state index in [1.807, 2.05) is 20.8 Å². The molecule has 10 heteroatoms. The number of amides is 3. The molecule has 1 aliphatic rings. The van der Waals surface area contributed by atoms with Gasteiger partial charge in [-0.2, -0.15) is 12.6 Å². The monoisotopic (exact) mass is 430 g/mol. The van der Waals surface area contributed by atoms with Crippen LogP contribution in [0.15, 0.2) is 0 Å². The maximum atomic E-state index is 12.9. The van der Waals surface area contributed by atoms with E-state index in [0.29, 0.717) is 6.42 Å². The third-order valence-corrected chi connectivity index (χ3v) is 5.58. The minimum absolute atomic E-state index is 0.0681. The van der Waals surface area contributed by atoms with E-state index in [9.17, 15) is 19.2 Å². The fraction of sp³-hybridized carbons (Fsp3) is 0.789. The van der Waals surface area contributed by atoms with E-state index in [4.69, 9.17) is 5.11 Å². The van der Waals surface area contributed by atoms with Gasteiger partial charge in [0.2, 0.25) is 17.7 Å². The van der Waals surface area contributed by atoms with Gasteiger partial charge in [-0.1, -0.05) is 34.1 Å². The van der Waals surface area contributed by atoms with Gasteiger partial charge < -0.3 is 26.4 Å². The first-order valence-electron chi connectivity index (χ1n) is 10.1. The van der Waals surface area contributed by atoms with E-state index in [0.717, 1.165) is 19.4 Å². The summed E-state index contributed by atoms with van der Waals surface area (Å²) in [5.41, 5.74) is 0. The molecule has 0 aromatic heterocycles. The Morgan fingerprint density at radius 1 is 1.07 bits per heavy atom. The normalized spacial score (nSPS) is 20.4. The Labute approximate surface area is 177 Å². The van der Waals surface area contributed by atoms with Crippen LogP contribution in [0, 0.1) is 11.8 Å². The van der Waals surface area contributed by atoms with Crippen molar-refractivity contribution in [1.82, 2.24) is 21.3 Å². The second-order valence-electron chi connectivity index (χ2n) is 7.83. The van der Waals surface area contributed by atoms with Gasteiger partial charge in [-0.05, 0) is 31.2 Å². The fourth-order valence-electron chi connectivity index (χ4n) is 3.09. The summed E-state index contributed by atoms with van der Waals surface area (Å²) < 4.78 is 0. The number of carboxylic acid groups (broad SMARTS) is 1. The Morgan fingerprint density at radius 2 is 1.69 bits per heavy atom. The van der Waals surface area contributed by atoms with Crippen molar-refractivity contribution >= 4 is 36.3 Å². The molecule has 0 aromatic rings. The predicted molar refractivity (Wildman–Crippen MR) is 113 cm³/mol. The topological polar surface area (TPSA) is 137 Å². The molecule has 3 amide bonds. The lowest BCUT2D eigenvalue weighted by Crippen LogP contribution is -2.59. The van der Waals surface area contributed by atoms with Crippen molar-refractivity contribution in [2.24, 2.45) is 11.8 Å². The van der Waals surface area contributed by atoms with Crippen LogP contribution in [0.4, 0.5) is 0 Å². The SMILES string of the molecule is CCC(C)C(NC(=O)C(NC(=O)C1CCCN1)C(C)C)C(=O)NC(CS)C(=O)O. The molecular formula is C19H34N4O5S. The van der Waals surface area contributed by atoms with E-state index in [2.05, 4.69) is 33.9 Å². The van der Waals surface area contributed by atoms with E-state index in [-0.39, 0.29) is 29.5 Å². The minimum atomic E-state index is -1.20. The summed E-state index contributed by atoms with van der Waals surface area (Å²) in [5.74, 6) is -2.97. The van der Waals surface area contributed by atoms with Crippen LogP contribution in [0.2, 0.25) is 0 Å². The number of hydrogen-bond donors (Lipinski definition) is 6. The molecule has 9 nitrogen and oxygen atoms in total. The Balaban J connectivity index is 2.88. The molecule has 5 atom stereocenters. The van der Waals surface area contributed by atoms with Crippen LogP contribution in [0.1, 0.15) is 47.0 Å². The Morgan fingerprint density at radius 3 is 2.14 bits per heavy atom. The van der Waals surface area contributed by atoms with E-state index >= 15 is 0 Å². The standard InChI is InChI=1S/C19H34N4O5S/c1-5-11(4)15(18(26)21-13(9-29)19(27)28)23-17(25)14(10(2)3)22-16(24)12-7-6-8-20-12/h10-15,20,29H,5-9H2,1-4H3,(H,21,26)(H,22,24)(H,23,25)(H,27,28). The van der Waals surface area contributed by atoms with Gasteiger partial charge in [0, 0.05) is 5.75 Å². The molecule has 0 spiro atoms. The van der Waals surface area contributed by atoms with Crippen LogP contribution in [-0.4, -0.2) is 65.3 Å². The van der Waals surface area contributed by atoms with Crippen LogP contribution < -0.4 is 21.3 Å². The molecule has 0 bridgehead atoms. The molecule has 1 heterocycles. The van der Waals surface area contributed by atoms with Crippen LogP contribution in [0.5, 0.6) is 0 Å². The summed E-state index contributed by atoms with van der Waals surface area (Å²) in [4.78, 5) is 49.2. The first-order chi connectivity index (χ1) is 13.6. The summed E-state index contributed by atoms with van der Waals surface area (Å²) in [7, 11) is 0. The van der Waals surface area contributed by atoms with E-state index < -0.39 is 35.9 Å². The van der Waals surface area contributed by atoms with E-state index in [1.54, 1.807) is 6.92 Å². The summed E-state index contributed by atoms with van der Waals surface area (Å²) in [6.45, 7) is 8.06. The highest BCUT2D eigenvalue weighted by Gasteiger charge is 2.34. The predicted octanol–water partition coefficient (Wildman–Crippen LogP) is -0.0907. The second kappa shape index (κ2) is 12.0. The number of aliphatic carboxylic acids is 1. The molecule has 1 fully saturated rings. The van der Waals surface area contributed by atoms with Gasteiger partial charge in [0.15, 0.2) is 0 Å². The molecule has 1 aliphatic heterocycles. The Bertz CT molecular complexity index is 595. The lowest BCUT2D eigenvalue weighted by atomic mass is 9.96. The summed E-state index contributed by atoms with van der Waals surface area (Å²) in [6.07, 6.45) is 2.22. The maximum absolute atomic E-state index is 12.9. The van der Waals surface area contributed by atoms with Crippen LogP contribution in [-0.2, 0) is 19.2 Å². The molecule has 29 heavy (non-hydrogen) atoms. The van der Waals surface area contributed by atoms with Gasteiger partial charge in [-0.15, -0.1) is 0 Å². The van der Waals surface area contributed by atoms with Gasteiger partial charge in [-0.3, -0.25) is 14.4 Å². The van der Waals surface area contributed by atoms with Crippen molar-refractivity contribution in [2.45, 2.75) is 71.1 Å². The van der Waals surface area contributed by atoms with Gasteiger partial charge in [-0.25, -0.2) is 4.79 Å². The number of carboxylic acids is 1. The maximum Gasteiger partial charge on any atom is 0.327 e.